The molecule has 0 atom stereocenters. The fourth-order valence-electron chi connectivity index (χ4n) is 2.99. The molecule has 0 spiro atoms. The second kappa shape index (κ2) is 9.68. The zero-order chi connectivity index (χ0) is 20.6. The number of benzene rings is 2. The van der Waals surface area contributed by atoms with Gasteiger partial charge in [0.15, 0.2) is 0 Å². The minimum atomic E-state index is -0.930. The first kappa shape index (κ1) is 20.3. The van der Waals surface area contributed by atoms with Gasteiger partial charge in [0.05, 0.1) is 18.7 Å². The highest BCUT2D eigenvalue weighted by atomic mass is 16.5. The van der Waals surface area contributed by atoms with Crippen molar-refractivity contribution in [2.75, 3.05) is 6.61 Å². The van der Waals surface area contributed by atoms with E-state index >= 15 is 0 Å². The van der Waals surface area contributed by atoms with E-state index in [1.165, 1.54) is 0 Å². The molecule has 2 aromatic carbocycles. The lowest BCUT2D eigenvalue weighted by molar-refractivity contribution is 0.0697. The zero-order valence-electron chi connectivity index (χ0n) is 16.7. The summed E-state index contributed by atoms with van der Waals surface area (Å²) in [6.07, 6.45) is 5.61. The van der Waals surface area contributed by atoms with Gasteiger partial charge >= 0.3 is 12.0 Å². The van der Waals surface area contributed by atoms with E-state index < -0.39 is 5.97 Å². The van der Waals surface area contributed by atoms with E-state index in [1.54, 1.807) is 12.1 Å². The Kier molecular flexibility index (Phi) is 6.79. The first-order chi connectivity index (χ1) is 14.1. The average Bonchev–Trinajstić information content (AvgIpc) is 3.12. The van der Waals surface area contributed by atoms with Gasteiger partial charge in [0, 0.05) is 6.42 Å². The lowest BCUT2D eigenvalue weighted by Crippen LogP contribution is -2.07. The third-order valence-electron chi connectivity index (χ3n) is 4.46. The van der Waals surface area contributed by atoms with Crippen LogP contribution in [0, 0.1) is 0 Å². The molecule has 29 heavy (non-hydrogen) atoms. The maximum Gasteiger partial charge on any atom is 0.336 e. The van der Waals surface area contributed by atoms with Gasteiger partial charge in [-0.15, -0.1) is 5.10 Å². The number of carboxylic acid groups (broad SMARTS) is 1. The molecule has 0 fully saturated rings. The molecule has 6 heteroatoms. The fraction of sp³-hybridized carbons (Fsp3) is 0.261. The van der Waals surface area contributed by atoms with Gasteiger partial charge in [-0.05, 0) is 36.1 Å². The Labute approximate surface area is 170 Å². The molecule has 1 heterocycles. The number of carboxylic acids is 1. The highest BCUT2D eigenvalue weighted by molar-refractivity contribution is 5.95. The standard InChI is InChI=1S/C23H25N3O3/c1-3-5-10-21-24-23(29-15-4-2)25-26(21)16-17-11-13-18(14-12-17)19-8-6-7-9-20(19)22(27)28/h3,5-9,11-14H,4,10,15-16H2,1-2H3,(H,27,28)/b5-3+. The summed E-state index contributed by atoms with van der Waals surface area (Å²) in [5.74, 6) is -0.0879. The SMILES string of the molecule is C/C=C/Cc1nc(OCCC)nn1Cc1ccc(-c2ccccc2C(=O)O)cc1. The summed E-state index contributed by atoms with van der Waals surface area (Å²) in [5.41, 5.74) is 2.92. The van der Waals surface area contributed by atoms with E-state index in [0.29, 0.717) is 36.7 Å². The number of allylic oxidation sites excluding steroid dienone is 2. The first-order valence-electron chi connectivity index (χ1n) is 9.71. The van der Waals surface area contributed by atoms with Crippen molar-refractivity contribution in [3.8, 4) is 17.1 Å². The Morgan fingerprint density at radius 2 is 1.93 bits per heavy atom. The van der Waals surface area contributed by atoms with Crippen molar-refractivity contribution < 1.29 is 14.6 Å². The predicted octanol–water partition coefficient (Wildman–Crippen LogP) is 4.60. The topological polar surface area (TPSA) is 77.2 Å². The molecule has 1 aromatic heterocycles. The summed E-state index contributed by atoms with van der Waals surface area (Å²) in [6.45, 7) is 5.17. The normalized spacial score (nSPS) is 11.1. The Morgan fingerprint density at radius 1 is 1.17 bits per heavy atom. The number of hydrogen-bond acceptors (Lipinski definition) is 4. The molecule has 0 aliphatic rings. The van der Waals surface area contributed by atoms with Crippen LogP contribution in [-0.2, 0) is 13.0 Å². The molecule has 0 saturated carbocycles. The summed E-state index contributed by atoms with van der Waals surface area (Å²) < 4.78 is 7.44. The van der Waals surface area contributed by atoms with Gasteiger partial charge in [-0.1, -0.05) is 61.5 Å². The van der Waals surface area contributed by atoms with Crippen LogP contribution in [0.2, 0.25) is 0 Å². The summed E-state index contributed by atoms with van der Waals surface area (Å²) in [4.78, 5) is 16.0. The Morgan fingerprint density at radius 3 is 2.62 bits per heavy atom. The number of aromatic nitrogens is 3. The van der Waals surface area contributed by atoms with Crippen molar-refractivity contribution in [3.63, 3.8) is 0 Å². The van der Waals surface area contributed by atoms with Crippen molar-refractivity contribution in [1.29, 1.82) is 0 Å². The van der Waals surface area contributed by atoms with Crippen LogP contribution in [-0.4, -0.2) is 32.4 Å². The van der Waals surface area contributed by atoms with Crippen LogP contribution in [0.25, 0.3) is 11.1 Å². The van der Waals surface area contributed by atoms with E-state index in [2.05, 4.69) is 10.1 Å². The number of hydrogen-bond donors (Lipinski definition) is 1. The van der Waals surface area contributed by atoms with Crippen molar-refractivity contribution in [2.45, 2.75) is 33.2 Å². The maximum absolute atomic E-state index is 11.5. The molecular weight excluding hydrogens is 366 g/mol. The largest absolute Gasteiger partial charge is 0.478 e. The Hall–Kier alpha value is -3.41. The minimum absolute atomic E-state index is 0.294. The molecule has 3 aromatic rings. The highest BCUT2D eigenvalue weighted by Crippen LogP contribution is 2.24. The van der Waals surface area contributed by atoms with Crippen molar-refractivity contribution in [3.05, 3.63) is 77.6 Å². The van der Waals surface area contributed by atoms with Gasteiger partial charge in [0.25, 0.3) is 0 Å². The third kappa shape index (κ3) is 5.10. The lowest BCUT2D eigenvalue weighted by atomic mass is 9.99. The first-order valence-corrected chi connectivity index (χ1v) is 9.71. The van der Waals surface area contributed by atoms with Crippen LogP contribution >= 0.6 is 0 Å². The molecule has 0 radical (unpaired) electrons. The molecule has 0 unspecified atom stereocenters. The minimum Gasteiger partial charge on any atom is -0.478 e. The smallest absolute Gasteiger partial charge is 0.336 e. The van der Waals surface area contributed by atoms with Gasteiger partial charge < -0.3 is 9.84 Å². The molecule has 6 nitrogen and oxygen atoms in total. The van der Waals surface area contributed by atoms with E-state index in [0.717, 1.165) is 23.4 Å². The molecule has 0 bridgehead atoms. The zero-order valence-corrected chi connectivity index (χ0v) is 16.7. The number of carbonyl (C=O) groups is 1. The lowest BCUT2D eigenvalue weighted by Gasteiger charge is -2.08. The molecule has 1 N–H and O–H groups in total. The van der Waals surface area contributed by atoms with Crippen LogP contribution in [0.1, 0.15) is 42.0 Å². The summed E-state index contributed by atoms with van der Waals surface area (Å²) in [7, 11) is 0. The second-order valence-electron chi connectivity index (χ2n) is 6.64. The van der Waals surface area contributed by atoms with Crippen LogP contribution in [0.15, 0.2) is 60.7 Å². The number of ether oxygens (including phenoxy) is 1. The van der Waals surface area contributed by atoms with Gasteiger partial charge in [-0.25, -0.2) is 9.48 Å². The van der Waals surface area contributed by atoms with Gasteiger partial charge in [0.1, 0.15) is 5.82 Å². The number of aromatic carboxylic acids is 1. The van der Waals surface area contributed by atoms with Crippen LogP contribution < -0.4 is 4.74 Å². The van der Waals surface area contributed by atoms with E-state index in [1.807, 2.05) is 67.1 Å². The van der Waals surface area contributed by atoms with Gasteiger partial charge in [-0.3, -0.25) is 0 Å². The summed E-state index contributed by atoms with van der Waals surface area (Å²) >= 11 is 0. The monoisotopic (exact) mass is 391 g/mol. The predicted molar refractivity (Wildman–Crippen MR) is 112 cm³/mol. The molecule has 0 aliphatic heterocycles. The molecule has 3 rings (SSSR count). The molecular formula is C23H25N3O3. The number of nitrogens with zero attached hydrogens (tertiary/aromatic N) is 3. The quantitative estimate of drug-likeness (QED) is 0.540. The van der Waals surface area contributed by atoms with Crippen LogP contribution in [0.4, 0.5) is 0 Å². The number of rotatable bonds is 9. The highest BCUT2D eigenvalue weighted by Gasteiger charge is 2.12. The molecule has 0 saturated heterocycles. The third-order valence-corrected chi connectivity index (χ3v) is 4.46. The maximum atomic E-state index is 11.5. The Bertz CT molecular complexity index is 991. The average molecular weight is 391 g/mol. The Balaban J connectivity index is 1.82. The molecule has 150 valence electrons. The fourth-order valence-corrected chi connectivity index (χ4v) is 2.99. The van der Waals surface area contributed by atoms with Crippen LogP contribution in [0.5, 0.6) is 6.01 Å². The van der Waals surface area contributed by atoms with E-state index in [9.17, 15) is 9.90 Å². The van der Waals surface area contributed by atoms with Crippen molar-refractivity contribution in [2.24, 2.45) is 0 Å². The van der Waals surface area contributed by atoms with Gasteiger partial charge in [0.2, 0.25) is 0 Å². The second-order valence-corrected chi connectivity index (χ2v) is 6.64. The molecule has 0 amide bonds. The van der Waals surface area contributed by atoms with Gasteiger partial charge in [-0.2, -0.15) is 4.98 Å². The van der Waals surface area contributed by atoms with Crippen molar-refractivity contribution >= 4 is 5.97 Å². The summed E-state index contributed by atoms with van der Waals surface area (Å²) in [6, 6.07) is 15.3. The van der Waals surface area contributed by atoms with E-state index in [-0.39, 0.29) is 0 Å². The summed E-state index contributed by atoms with van der Waals surface area (Å²) in [5, 5.41) is 13.9. The van der Waals surface area contributed by atoms with Crippen LogP contribution in [0.3, 0.4) is 0 Å². The van der Waals surface area contributed by atoms with E-state index in [4.69, 9.17) is 4.74 Å². The molecule has 0 aliphatic carbocycles. The van der Waals surface area contributed by atoms with Crippen molar-refractivity contribution in [1.82, 2.24) is 14.8 Å².